The van der Waals surface area contributed by atoms with E-state index in [2.05, 4.69) is 26.1 Å². The number of carbonyl (C=O) groups is 1. The number of nitrogens with one attached hydrogen (secondary N) is 1. The molecule has 0 spiro atoms. The largest absolute Gasteiger partial charge is 0.325 e. The van der Waals surface area contributed by atoms with E-state index in [1.807, 2.05) is 12.1 Å². The minimum absolute atomic E-state index is 0.0134. The molecule has 7 heteroatoms. The Balaban J connectivity index is 2.17. The fourth-order valence-corrected chi connectivity index (χ4v) is 3.28. The molecule has 5 nitrogen and oxygen atoms in total. The first-order chi connectivity index (χ1) is 12.0. The first kappa shape index (κ1) is 19.9. The third-order valence-corrected chi connectivity index (χ3v) is 4.97. The van der Waals surface area contributed by atoms with E-state index >= 15 is 0 Å². The predicted octanol–water partition coefficient (Wildman–Crippen LogP) is 3.53. The van der Waals surface area contributed by atoms with E-state index in [1.165, 1.54) is 18.2 Å². The molecule has 26 heavy (non-hydrogen) atoms. The molecule has 0 fully saturated rings. The second-order valence-electron chi connectivity index (χ2n) is 7.10. The van der Waals surface area contributed by atoms with Crippen LogP contribution in [0.5, 0.6) is 0 Å². The van der Waals surface area contributed by atoms with Crippen LogP contribution in [0.1, 0.15) is 26.3 Å². The lowest BCUT2D eigenvalue weighted by molar-refractivity contribution is -0.114. The second-order valence-corrected chi connectivity index (χ2v) is 9.00. The molecule has 1 N–H and O–H groups in total. The van der Waals surface area contributed by atoms with E-state index in [1.54, 1.807) is 12.1 Å². The topological polar surface area (TPSA) is 66.5 Å². The molecule has 2 rings (SSSR count). The van der Waals surface area contributed by atoms with Crippen molar-refractivity contribution in [1.29, 1.82) is 0 Å². The highest BCUT2D eigenvalue weighted by molar-refractivity contribution is 7.92. The Kier molecular flexibility index (Phi) is 5.71. The van der Waals surface area contributed by atoms with Gasteiger partial charge < -0.3 is 5.32 Å². The summed E-state index contributed by atoms with van der Waals surface area (Å²) in [5.74, 6) is -1.26. The van der Waals surface area contributed by atoms with Crippen molar-refractivity contribution in [2.75, 3.05) is 22.4 Å². The van der Waals surface area contributed by atoms with Crippen molar-refractivity contribution in [3.8, 4) is 0 Å². The van der Waals surface area contributed by atoms with E-state index in [0.29, 0.717) is 5.69 Å². The molecule has 0 bridgehead atoms. The van der Waals surface area contributed by atoms with Gasteiger partial charge in [-0.1, -0.05) is 45.0 Å². The molecule has 0 atom stereocenters. The maximum atomic E-state index is 14.0. The van der Waals surface area contributed by atoms with Crippen LogP contribution < -0.4 is 9.62 Å². The Morgan fingerprint density at radius 3 is 2.15 bits per heavy atom. The lowest BCUT2D eigenvalue weighted by atomic mass is 9.87. The van der Waals surface area contributed by atoms with Crippen LogP contribution in [-0.4, -0.2) is 27.1 Å². The Morgan fingerprint density at radius 2 is 1.65 bits per heavy atom. The van der Waals surface area contributed by atoms with E-state index in [4.69, 9.17) is 0 Å². The Morgan fingerprint density at radius 1 is 1.08 bits per heavy atom. The molecule has 0 unspecified atom stereocenters. The number of nitrogens with zero attached hydrogens (tertiary/aromatic N) is 1. The van der Waals surface area contributed by atoms with Gasteiger partial charge >= 0.3 is 0 Å². The summed E-state index contributed by atoms with van der Waals surface area (Å²) >= 11 is 0. The molecule has 0 heterocycles. The van der Waals surface area contributed by atoms with Gasteiger partial charge in [0.2, 0.25) is 15.9 Å². The van der Waals surface area contributed by atoms with Gasteiger partial charge in [-0.15, -0.1) is 0 Å². The van der Waals surface area contributed by atoms with Crippen LogP contribution in [0.25, 0.3) is 0 Å². The van der Waals surface area contributed by atoms with E-state index in [-0.39, 0.29) is 11.1 Å². The van der Waals surface area contributed by atoms with Crippen LogP contribution in [0.4, 0.5) is 15.8 Å². The molecule has 140 valence electrons. The van der Waals surface area contributed by atoms with Gasteiger partial charge in [0.15, 0.2) is 0 Å². The van der Waals surface area contributed by atoms with Crippen molar-refractivity contribution in [1.82, 2.24) is 0 Å². The molecular formula is C19H23FN2O3S. The van der Waals surface area contributed by atoms with Crippen LogP contribution in [0.3, 0.4) is 0 Å². The molecule has 0 radical (unpaired) electrons. The summed E-state index contributed by atoms with van der Waals surface area (Å²) in [6.45, 7) is 5.73. The summed E-state index contributed by atoms with van der Waals surface area (Å²) in [5.41, 5.74) is 1.48. The van der Waals surface area contributed by atoms with Gasteiger partial charge in [-0.25, -0.2) is 12.8 Å². The van der Waals surface area contributed by atoms with Gasteiger partial charge in [0.25, 0.3) is 0 Å². The average Bonchev–Trinajstić information content (AvgIpc) is 2.52. The molecule has 0 aromatic heterocycles. The third-order valence-electron chi connectivity index (χ3n) is 3.84. The summed E-state index contributed by atoms with van der Waals surface area (Å²) in [7, 11) is -3.82. The fourth-order valence-electron chi connectivity index (χ4n) is 2.42. The SMILES string of the molecule is CC(C)(C)c1ccc(NC(=O)CN(c2ccccc2F)S(C)(=O)=O)cc1. The normalized spacial score (nSPS) is 11.9. The zero-order valence-electron chi connectivity index (χ0n) is 15.3. The number of hydrogen-bond donors (Lipinski definition) is 1. The minimum Gasteiger partial charge on any atom is -0.325 e. The molecule has 2 aromatic rings. The zero-order valence-corrected chi connectivity index (χ0v) is 16.1. The summed E-state index contributed by atoms with van der Waals surface area (Å²) in [4.78, 5) is 12.3. The monoisotopic (exact) mass is 378 g/mol. The van der Waals surface area contributed by atoms with Gasteiger partial charge in [-0.05, 0) is 35.2 Å². The quantitative estimate of drug-likeness (QED) is 0.866. The molecule has 0 aliphatic heterocycles. The Labute approximate surface area is 153 Å². The van der Waals surface area contributed by atoms with Gasteiger partial charge in [0.1, 0.15) is 12.4 Å². The molecular weight excluding hydrogens is 355 g/mol. The van der Waals surface area contributed by atoms with Crippen molar-refractivity contribution in [3.63, 3.8) is 0 Å². The Bertz CT molecular complexity index is 888. The van der Waals surface area contributed by atoms with Crippen molar-refractivity contribution < 1.29 is 17.6 Å². The van der Waals surface area contributed by atoms with Crippen molar-refractivity contribution in [2.45, 2.75) is 26.2 Å². The summed E-state index contributed by atoms with van der Waals surface area (Å²) in [6, 6.07) is 12.8. The summed E-state index contributed by atoms with van der Waals surface area (Å²) < 4.78 is 38.7. The molecule has 0 saturated heterocycles. The van der Waals surface area contributed by atoms with Crippen LogP contribution in [0, 0.1) is 5.82 Å². The van der Waals surface area contributed by atoms with E-state index in [0.717, 1.165) is 22.2 Å². The van der Waals surface area contributed by atoms with E-state index in [9.17, 15) is 17.6 Å². The average molecular weight is 378 g/mol. The number of hydrogen-bond acceptors (Lipinski definition) is 3. The maximum Gasteiger partial charge on any atom is 0.245 e. The number of amides is 1. The molecule has 0 aliphatic rings. The lowest BCUT2D eigenvalue weighted by Crippen LogP contribution is -2.38. The van der Waals surface area contributed by atoms with Gasteiger partial charge in [-0.3, -0.25) is 9.10 Å². The van der Waals surface area contributed by atoms with Gasteiger partial charge in [0, 0.05) is 5.69 Å². The molecule has 2 aromatic carbocycles. The second kappa shape index (κ2) is 7.45. The highest BCUT2D eigenvalue weighted by Crippen LogP contribution is 2.24. The highest BCUT2D eigenvalue weighted by Gasteiger charge is 2.23. The maximum absolute atomic E-state index is 14.0. The molecule has 0 aliphatic carbocycles. The number of rotatable bonds is 5. The van der Waals surface area contributed by atoms with Crippen molar-refractivity contribution in [2.24, 2.45) is 0 Å². The number of sulfonamides is 1. The number of carbonyl (C=O) groups excluding carboxylic acids is 1. The highest BCUT2D eigenvalue weighted by atomic mass is 32.2. The van der Waals surface area contributed by atoms with E-state index < -0.39 is 28.3 Å². The first-order valence-electron chi connectivity index (χ1n) is 8.11. The third kappa shape index (κ3) is 5.05. The lowest BCUT2D eigenvalue weighted by Gasteiger charge is -2.22. The summed E-state index contributed by atoms with van der Waals surface area (Å²) in [5, 5.41) is 2.64. The molecule has 0 saturated carbocycles. The number of benzene rings is 2. The first-order valence-corrected chi connectivity index (χ1v) is 9.96. The molecule has 1 amide bonds. The predicted molar refractivity (Wildman–Crippen MR) is 102 cm³/mol. The van der Waals surface area contributed by atoms with Crippen molar-refractivity contribution >= 4 is 27.3 Å². The van der Waals surface area contributed by atoms with Crippen LogP contribution >= 0.6 is 0 Å². The fraction of sp³-hybridized carbons (Fsp3) is 0.316. The Hall–Kier alpha value is -2.41. The minimum atomic E-state index is -3.82. The number of para-hydroxylation sites is 1. The van der Waals surface area contributed by atoms with Gasteiger partial charge in [-0.2, -0.15) is 0 Å². The van der Waals surface area contributed by atoms with Crippen LogP contribution in [0.2, 0.25) is 0 Å². The number of halogens is 1. The van der Waals surface area contributed by atoms with Gasteiger partial charge in [0.05, 0.1) is 11.9 Å². The smallest absolute Gasteiger partial charge is 0.245 e. The van der Waals surface area contributed by atoms with Crippen molar-refractivity contribution in [3.05, 3.63) is 59.9 Å². The number of anilines is 2. The standard InChI is InChI=1S/C19H23FN2O3S/c1-19(2,3)14-9-11-15(12-10-14)21-18(23)13-22(26(4,24)25)17-8-6-5-7-16(17)20/h5-12H,13H2,1-4H3,(H,21,23). The zero-order chi connectivity index (χ0) is 19.5. The van der Waals surface area contributed by atoms with Crippen LogP contribution in [-0.2, 0) is 20.2 Å². The van der Waals surface area contributed by atoms with Crippen LogP contribution in [0.15, 0.2) is 48.5 Å². The summed E-state index contributed by atoms with van der Waals surface area (Å²) in [6.07, 6.45) is 0.935.